The van der Waals surface area contributed by atoms with Crippen LogP contribution in [0, 0.1) is 5.92 Å². The molecule has 1 aliphatic heterocycles. The van der Waals surface area contributed by atoms with Crippen molar-refractivity contribution in [2.75, 3.05) is 40.8 Å². The lowest BCUT2D eigenvalue weighted by atomic mass is 9.95. The SMILES string of the molecule is CN=C(NCC(c1cccs1)N(C)C)N1CCCC(CC(N)=O)C1. The third kappa shape index (κ3) is 5.21. The Labute approximate surface area is 148 Å². The lowest BCUT2D eigenvalue weighted by Crippen LogP contribution is -2.48. The summed E-state index contributed by atoms with van der Waals surface area (Å²) in [5.74, 6) is 1.03. The summed E-state index contributed by atoms with van der Waals surface area (Å²) in [7, 11) is 6.01. The van der Waals surface area contributed by atoms with Gasteiger partial charge in [0.1, 0.15) is 0 Å². The van der Waals surface area contributed by atoms with Crippen LogP contribution < -0.4 is 11.1 Å². The highest BCUT2D eigenvalue weighted by Crippen LogP contribution is 2.23. The number of carbonyl (C=O) groups excluding carboxylic acids is 1. The van der Waals surface area contributed by atoms with Crippen molar-refractivity contribution in [3.05, 3.63) is 22.4 Å². The molecule has 1 aromatic heterocycles. The van der Waals surface area contributed by atoms with E-state index in [1.54, 1.807) is 11.3 Å². The summed E-state index contributed by atoms with van der Waals surface area (Å²) in [6.45, 7) is 2.62. The minimum Gasteiger partial charge on any atom is -0.370 e. The number of likely N-dealkylation sites (tertiary alicyclic amines) is 1. The van der Waals surface area contributed by atoms with Gasteiger partial charge in [0.15, 0.2) is 5.96 Å². The molecule has 0 aromatic carbocycles. The summed E-state index contributed by atoms with van der Waals surface area (Å²) < 4.78 is 0. The standard InChI is InChI=1S/C17H29N5OS/c1-19-17(22-8-4-6-13(12-22)10-16(18)23)20-11-14(21(2)3)15-7-5-9-24-15/h5,7,9,13-14H,4,6,8,10-12H2,1-3H3,(H2,18,23)(H,19,20). The second-order valence-corrected chi connectivity index (χ2v) is 7.53. The van der Waals surface area contributed by atoms with Crippen molar-refractivity contribution in [3.8, 4) is 0 Å². The van der Waals surface area contributed by atoms with Gasteiger partial charge >= 0.3 is 0 Å². The van der Waals surface area contributed by atoms with E-state index >= 15 is 0 Å². The van der Waals surface area contributed by atoms with Crippen molar-refractivity contribution < 1.29 is 4.79 Å². The first kappa shape index (κ1) is 18.7. The van der Waals surface area contributed by atoms with Crippen molar-refractivity contribution in [2.45, 2.75) is 25.3 Å². The van der Waals surface area contributed by atoms with E-state index in [0.717, 1.165) is 38.4 Å². The number of carbonyl (C=O) groups is 1. The molecule has 0 radical (unpaired) electrons. The van der Waals surface area contributed by atoms with Crippen LogP contribution in [0.15, 0.2) is 22.5 Å². The number of amides is 1. The molecule has 1 fully saturated rings. The second-order valence-electron chi connectivity index (χ2n) is 6.55. The molecule has 7 heteroatoms. The van der Waals surface area contributed by atoms with Gasteiger partial charge in [-0.15, -0.1) is 11.3 Å². The highest BCUT2D eigenvalue weighted by molar-refractivity contribution is 7.10. The summed E-state index contributed by atoms with van der Waals surface area (Å²) in [4.78, 5) is 21.4. The van der Waals surface area contributed by atoms with E-state index < -0.39 is 0 Å². The highest BCUT2D eigenvalue weighted by atomic mass is 32.1. The predicted molar refractivity (Wildman–Crippen MR) is 100 cm³/mol. The Balaban J connectivity index is 1.95. The Kier molecular flexibility index (Phi) is 7.05. The highest BCUT2D eigenvalue weighted by Gasteiger charge is 2.24. The minimum absolute atomic E-state index is 0.213. The third-order valence-electron chi connectivity index (χ3n) is 4.47. The molecule has 24 heavy (non-hydrogen) atoms. The predicted octanol–water partition coefficient (Wildman–Crippen LogP) is 1.51. The Morgan fingerprint density at radius 2 is 2.38 bits per heavy atom. The lowest BCUT2D eigenvalue weighted by Gasteiger charge is -2.35. The van der Waals surface area contributed by atoms with E-state index in [2.05, 4.69) is 51.7 Å². The normalized spacial score (nSPS) is 20.2. The number of nitrogens with zero attached hydrogens (tertiary/aromatic N) is 3. The van der Waals surface area contributed by atoms with Crippen molar-refractivity contribution in [2.24, 2.45) is 16.6 Å². The fourth-order valence-corrected chi connectivity index (χ4v) is 4.17. The number of piperidine rings is 1. The number of nitrogens with one attached hydrogen (secondary N) is 1. The molecular formula is C17H29N5OS. The Morgan fingerprint density at radius 1 is 1.58 bits per heavy atom. The first-order valence-corrected chi connectivity index (χ1v) is 9.33. The summed E-state index contributed by atoms with van der Waals surface area (Å²) in [5, 5.41) is 5.62. The van der Waals surface area contributed by atoms with Gasteiger partial charge in [0.2, 0.25) is 5.91 Å². The first-order chi connectivity index (χ1) is 11.5. The van der Waals surface area contributed by atoms with Gasteiger partial charge in [0.25, 0.3) is 0 Å². The molecule has 2 rings (SSSR count). The van der Waals surface area contributed by atoms with E-state index in [0.29, 0.717) is 18.4 Å². The first-order valence-electron chi connectivity index (χ1n) is 8.45. The molecule has 3 N–H and O–H groups in total. The number of guanidine groups is 1. The van der Waals surface area contributed by atoms with Crippen LogP contribution in [-0.2, 0) is 4.79 Å². The molecule has 1 aromatic rings. The monoisotopic (exact) mass is 351 g/mol. The van der Waals surface area contributed by atoms with Crippen molar-refractivity contribution >= 4 is 23.2 Å². The maximum absolute atomic E-state index is 11.2. The fraction of sp³-hybridized carbons (Fsp3) is 0.647. The van der Waals surface area contributed by atoms with Crippen LogP contribution in [0.2, 0.25) is 0 Å². The largest absolute Gasteiger partial charge is 0.370 e. The topological polar surface area (TPSA) is 74.0 Å². The molecule has 0 spiro atoms. The van der Waals surface area contributed by atoms with Gasteiger partial charge in [-0.25, -0.2) is 0 Å². The minimum atomic E-state index is -0.213. The number of rotatable bonds is 6. The van der Waals surface area contributed by atoms with Crippen molar-refractivity contribution in [1.29, 1.82) is 0 Å². The molecule has 6 nitrogen and oxygen atoms in total. The number of aliphatic imine (C=N–C) groups is 1. The van der Waals surface area contributed by atoms with Crippen LogP contribution in [-0.4, -0.2) is 62.4 Å². The fourth-order valence-electron chi connectivity index (χ4n) is 3.25. The van der Waals surface area contributed by atoms with Gasteiger partial charge in [-0.05, 0) is 44.3 Å². The van der Waals surface area contributed by atoms with Crippen molar-refractivity contribution in [3.63, 3.8) is 0 Å². The Morgan fingerprint density at radius 3 is 2.96 bits per heavy atom. The van der Waals surface area contributed by atoms with Gasteiger partial charge in [0.05, 0.1) is 6.04 Å². The number of primary amides is 1. The molecule has 0 saturated carbocycles. The van der Waals surface area contributed by atoms with Gasteiger partial charge in [-0.2, -0.15) is 0 Å². The second kappa shape index (κ2) is 9.03. The Bertz CT molecular complexity index is 543. The van der Waals surface area contributed by atoms with Crippen LogP contribution in [0.25, 0.3) is 0 Å². The van der Waals surface area contributed by atoms with Gasteiger partial charge < -0.3 is 20.9 Å². The maximum Gasteiger partial charge on any atom is 0.217 e. The maximum atomic E-state index is 11.2. The molecule has 2 atom stereocenters. The van der Waals surface area contributed by atoms with E-state index in [9.17, 15) is 4.79 Å². The molecule has 2 unspecified atom stereocenters. The molecular weight excluding hydrogens is 322 g/mol. The zero-order chi connectivity index (χ0) is 17.5. The smallest absolute Gasteiger partial charge is 0.217 e. The molecule has 0 aliphatic carbocycles. The number of hydrogen-bond donors (Lipinski definition) is 2. The number of likely N-dealkylation sites (N-methyl/N-ethyl adjacent to an activating group) is 1. The molecule has 134 valence electrons. The average Bonchev–Trinajstić information content (AvgIpc) is 3.05. The number of thiophene rings is 1. The summed E-state index contributed by atoms with van der Waals surface area (Å²) in [5.41, 5.74) is 5.36. The third-order valence-corrected chi connectivity index (χ3v) is 5.44. The molecule has 0 bridgehead atoms. The van der Waals surface area contributed by atoms with Crippen LogP contribution in [0.3, 0.4) is 0 Å². The molecule has 1 amide bonds. The number of hydrogen-bond acceptors (Lipinski definition) is 4. The van der Waals surface area contributed by atoms with Crippen LogP contribution in [0.1, 0.15) is 30.2 Å². The van der Waals surface area contributed by atoms with Crippen LogP contribution in [0.5, 0.6) is 0 Å². The zero-order valence-corrected chi connectivity index (χ0v) is 15.7. The van der Waals surface area contributed by atoms with E-state index in [-0.39, 0.29) is 5.91 Å². The van der Waals surface area contributed by atoms with E-state index in [1.165, 1.54) is 4.88 Å². The lowest BCUT2D eigenvalue weighted by molar-refractivity contribution is -0.119. The van der Waals surface area contributed by atoms with E-state index in [4.69, 9.17) is 5.73 Å². The quantitative estimate of drug-likeness (QED) is 0.602. The van der Waals surface area contributed by atoms with Crippen LogP contribution >= 0.6 is 11.3 Å². The van der Waals surface area contributed by atoms with E-state index in [1.807, 2.05) is 7.05 Å². The number of nitrogens with two attached hydrogens (primary N) is 1. The summed E-state index contributed by atoms with van der Waals surface area (Å²) in [6.07, 6.45) is 2.59. The van der Waals surface area contributed by atoms with Gasteiger partial charge in [-0.1, -0.05) is 6.07 Å². The molecule has 1 aliphatic rings. The van der Waals surface area contributed by atoms with Gasteiger partial charge in [-0.3, -0.25) is 9.79 Å². The van der Waals surface area contributed by atoms with Crippen LogP contribution in [0.4, 0.5) is 0 Å². The van der Waals surface area contributed by atoms with Crippen molar-refractivity contribution in [1.82, 2.24) is 15.1 Å². The summed E-state index contributed by atoms with van der Waals surface area (Å²) in [6, 6.07) is 4.57. The molecule has 2 heterocycles. The Hall–Kier alpha value is -1.60. The van der Waals surface area contributed by atoms with Gasteiger partial charge in [0, 0.05) is 38.0 Å². The summed E-state index contributed by atoms with van der Waals surface area (Å²) >= 11 is 1.77. The average molecular weight is 352 g/mol. The zero-order valence-electron chi connectivity index (χ0n) is 14.9. The molecule has 1 saturated heterocycles.